The zero-order valence-corrected chi connectivity index (χ0v) is 10.5. The van der Waals surface area contributed by atoms with E-state index in [2.05, 4.69) is 10.3 Å². The Morgan fingerprint density at radius 1 is 1.17 bits per heavy atom. The minimum absolute atomic E-state index is 0.0995. The first-order valence-corrected chi connectivity index (χ1v) is 6.42. The van der Waals surface area contributed by atoms with Gasteiger partial charge in [0.2, 0.25) is 0 Å². The molecule has 2 rings (SSSR count). The molecule has 0 heterocycles. The number of amides is 1. The van der Waals surface area contributed by atoms with Gasteiger partial charge in [-0.15, -0.1) is 0 Å². The molecule has 1 aromatic carbocycles. The van der Waals surface area contributed by atoms with Crippen LogP contribution < -0.4 is 10.3 Å². The molecule has 0 radical (unpaired) electrons. The Labute approximate surface area is 109 Å². The van der Waals surface area contributed by atoms with Crippen LogP contribution in [-0.4, -0.2) is 5.91 Å². The van der Waals surface area contributed by atoms with Crippen molar-refractivity contribution in [3.8, 4) is 0 Å². The molecule has 5 heteroatoms. The van der Waals surface area contributed by atoms with Crippen LogP contribution in [0.2, 0.25) is 0 Å². The number of nitrogens with one attached hydrogen (secondary N) is 2. The zero-order chi connectivity index (χ0) is 12.8. The van der Waals surface area contributed by atoms with Gasteiger partial charge in [0.25, 0.3) is 5.91 Å². The second-order valence-corrected chi connectivity index (χ2v) is 4.60. The standard InChI is InChI=1S/C13H13FN2OS/c14-12-9-5-4-8-11(12)13(17)15-16-18-10-6-2-1-3-7-10/h1-3,6-9,16H,4-5H2,(H,15,17). The van der Waals surface area contributed by atoms with Crippen molar-refractivity contribution in [2.45, 2.75) is 17.7 Å². The Morgan fingerprint density at radius 3 is 2.61 bits per heavy atom. The molecule has 0 atom stereocenters. The third kappa shape index (κ3) is 3.45. The van der Waals surface area contributed by atoms with Crippen molar-refractivity contribution in [2.75, 3.05) is 0 Å². The Balaban J connectivity index is 1.82. The van der Waals surface area contributed by atoms with Gasteiger partial charge in [-0.25, -0.2) is 4.39 Å². The van der Waals surface area contributed by atoms with Crippen LogP contribution in [0.5, 0.6) is 0 Å². The summed E-state index contributed by atoms with van der Waals surface area (Å²) < 4.78 is 13.3. The van der Waals surface area contributed by atoms with E-state index in [9.17, 15) is 9.18 Å². The fourth-order valence-electron chi connectivity index (χ4n) is 1.53. The molecule has 0 aliphatic heterocycles. The molecule has 0 fully saturated rings. The van der Waals surface area contributed by atoms with Crippen LogP contribution in [0.3, 0.4) is 0 Å². The number of allylic oxidation sites excluding steroid dienone is 2. The molecule has 1 amide bonds. The molecule has 0 saturated carbocycles. The van der Waals surface area contributed by atoms with E-state index in [1.54, 1.807) is 6.08 Å². The van der Waals surface area contributed by atoms with E-state index in [0.717, 1.165) is 4.90 Å². The summed E-state index contributed by atoms with van der Waals surface area (Å²) in [4.78, 5) is 15.3. The number of hydrazine groups is 1. The molecule has 0 aromatic heterocycles. The molecule has 2 N–H and O–H groups in total. The van der Waals surface area contributed by atoms with Gasteiger partial charge < -0.3 is 0 Å². The monoisotopic (exact) mass is 264 g/mol. The first-order valence-electron chi connectivity index (χ1n) is 5.61. The number of benzene rings is 1. The maximum atomic E-state index is 13.3. The van der Waals surface area contributed by atoms with Crippen molar-refractivity contribution in [3.05, 3.63) is 53.9 Å². The lowest BCUT2D eigenvalue weighted by molar-refractivity contribution is -0.117. The van der Waals surface area contributed by atoms with Gasteiger partial charge in [-0.3, -0.25) is 10.2 Å². The lowest BCUT2D eigenvalue weighted by atomic mass is 10.1. The average molecular weight is 264 g/mol. The third-order valence-electron chi connectivity index (χ3n) is 2.42. The lowest BCUT2D eigenvalue weighted by Gasteiger charge is -2.10. The van der Waals surface area contributed by atoms with Crippen LogP contribution in [-0.2, 0) is 4.79 Å². The van der Waals surface area contributed by atoms with Gasteiger partial charge in [0, 0.05) is 4.90 Å². The maximum absolute atomic E-state index is 13.3. The van der Waals surface area contributed by atoms with E-state index in [-0.39, 0.29) is 5.57 Å². The molecular formula is C13H13FN2OS. The number of hydrogen-bond donors (Lipinski definition) is 2. The second kappa shape index (κ2) is 6.37. The van der Waals surface area contributed by atoms with Gasteiger partial charge in [-0.2, -0.15) is 4.83 Å². The second-order valence-electron chi connectivity index (χ2n) is 3.72. The molecule has 0 bridgehead atoms. The average Bonchev–Trinajstić information content (AvgIpc) is 2.40. The van der Waals surface area contributed by atoms with Crippen LogP contribution in [0.15, 0.2) is 58.8 Å². The highest BCUT2D eigenvalue weighted by Crippen LogP contribution is 2.19. The Hall–Kier alpha value is -1.59. The van der Waals surface area contributed by atoms with Gasteiger partial charge in [-0.05, 0) is 43.0 Å². The molecule has 0 spiro atoms. The first-order chi connectivity index (χ1) is 8.77. The van der Waals surface area contributed by atoms with Crippen molar-refractivity contribution < 1.29 is 9.18 Å². The van der Waals surface area contributed by atoms with E-state index in [4.69, 9.17) is 0 Å². The van der Waals surface area contributed by atoms with Gasteiger partial charge in [0.05, 0.1) is 5.57 Å². The number of rotatable bonds is 4. The summed E-state index contributed by atoms with van der Waals surface area (Å²) in [6.07, 6.45) is 4.38. The van der Waals surface area contributed by atoms with Crippen molar-refractivity contribution >= 4 is 17.9 Å². The van der Waals surface area contributed by atoms with E-state index >= 15 is 0 Å². The van der Waals surface area contributed by atoms with E-state index < -0.39 is 11.7 Å². The third-order valence-corrected chi connectivity index (χ3v) is 3.13. The highest BCUT2D eigenvalue weighted by Gasteiger charge is 2.16. The quantitative estimate of drug-likeness (QED) is 0.649. The molecule has 94 valence electrons. The topological polar surface area (TPSA) is 41.1 Å². The summed E-state index contributed by atoms with van der Waals surface area (Å²) in [5.41, 5.74) is 2.56. The summed E-state index contributed by atoms with van der Waals surface area (Å²) in [5, 5.41) is 0. The predicted molar refractivity (Wildman–Crippen MR) is 70.1 cm³/mol. The van der Waals surface area contributed by atoms with Crippen molar-refractivity contribution in [1.29, 1.82) is 0 Å². The molecule has 0 saturated heterocycles. The van der Waals surface area contributed by atoms with E-state index in [1.165, 1.54) is 18.0 Å². The van der Waals surface area contributed by atoms with Gasteiger partial charge >= 0.3 is 0 Å². The molecule has 1 aliphatic rings. The number of carbonyl (C=O) groups excluding carboxylic acids is 1. The van der Waals surface area contributed by atoms with Gasteiger partial charge in [0.1, 0.15) is 5.83 Å². The van der Waals surface area contributed by atoms with Crippen LogP contribution in [0, 0.1) is 0 Å². The van der Waals surface area contributed by atoms with Crippen LogP contribution in [0.4, 0.5) is 4.39 Å². The molecule has 18 heavy (non-hydrogen) atoms. The smallest absolute Gasteiger partial charge is 0.268 e. The minimum Gasteiger partial charge on any atom is -0.277 e. The predicted octanol–water partition coefficient (Wildman–Crippen LogP) is 2.89. The fraction of sp³-hybridized carbons (Fsp3) is 0.154. The fourth-order valence-corrected chi connectivity index (χ4v) is 2.09. The summed E-state index contributed by atoms with van der Waals surface area (Å²) in [7, 11) is 0. The van der Waals surface area contributed by atoms with Crippen LogP contribution in [0.25, 0.3) is 0 Å². The molecule has 0 unspecified atom stereocenters. The van der Waals surface area contributed by atoms with Crippen molar-refractivity contribution in [2.24, 2.45) is 0 Å². The Bertz CT molecular complexity index is 485. The van der Waals surface area contributed by atoms with E-state index in [0.29, 0.717) is 12.8 Å². The van der Waals surface area contributed by atoms with Crippen molar-refractivity contribution in [1.82, 2.24) is 10.3 Å². The highest BCUT2D eigenvalue weighted by atomic mass is 32.2. The van der Waals surface area contributed by atoms with Crippen molar-refractivity contribution in [3.63, 3.8) is 0 Å². The van der Waals surface area contributed by atoms with Gasteiger partial charge in [0.15, 0.2) is 0 Å². The minimum atomic E-state index is -0.453. The molecule has 1 aromatic rings. The first kappa shape index (κ1) is 12.9. The zero-order valence-electron chi connectivity index (χ0n) is 9.65. The summed E-state index contributed by atoms with van der Waals surface area (Å²) in [6.45, 7) is 0. The van der Waals surface area contributed by atoms with E-state index in [1.807, 2.05) is 30.3 Å². The number of halogens is 1. The maximum Gasteiger partial charge on any atom is 0.268 e. The molecular weight excluding hydrogens is 251 g/mol. The lowest BCUT2D eigenvalue weighted by Crippen LogP contribution is -2.34. The Morgan fingerprint density at radius 2 is 1.89 bits per heavy atom. The molecule has 1 aliphatic carbocycles. The van der Waals surface area contributed by atoms with Crippen LogP contribution >= 0.6 is 11.9 Å². The summed E-state index contributed by atoms with van der Waals surface area (Å²) >= 11 is 1.26. The number of carbonyl (C=O) groups is 1. The SMILES string of the molecule is O=C(NNSc1ccccc1)C1=CCCC=C1F. The summed E-state index contributed by atoms with van der Waals surface area (Å²) in [5.74, 6) is -0.905. The normalized spacial score (nSPS) is 14.7. The Kier molecular flexibility index (Phi) is 4.55. The summed E-state index contributed by atoms with van der Waals surface area (Å²) in [6, 6.07) is 9.53. The van der Waals surface area contributed by atoms with Gasteiger partial charge in [-0.1, -0.05) is 24.3 Å². The van der Waals surface area contributed by atoms with Crippen LogP contribution in [0.1, 0.15) is 12.8 Å². The molecule has 3 nitrogen and oxygen atoms in total. The highest BCUT2D eigenvalue weighted by molar-refractivity contribution is 7.97. The number of hydrogen-bond acceptors (Lipinski definition) is 3. The largest absolute Gasteiger partial charge is 0.277 e.